The third-order valence-electron chi connectivity index (χ3n) is 4.51. The molecule has 0 unspecified atom stereocenters. The van der Waals surface area contributed by atoms with Gasteiger partial charge in [-0.25, -0.2) is 12.7 Å². The third kappa shape index (κ3) is 4.10. The summed E-state index contributed by atoms with van der Waals surface area (Å²) >= 11 is 0. The van der Waals surface area contributed by atoms with E-state index in [4.69, 9.17) is 4.74 Å². The van der Waals surface area contributed by atoms with Crippen molar-refractivity contribution < 1.29 is 22.7 Å². The number of fused-ring (bicyclic) bond motifs is 1. The van der Waals surface area contributed by atoms with Gasteiger partial charge in [0.25, 0.3) is 11.8 Å². The smallest absolute Gasteiger partial charge is 0.265 e. The maximum absolute atomic E-state index is 12.6. The molecule has 1 aliphatic heterocycles. The quantitative estimate of drug-likeness (QED) is 0.806. The van der Waals surface area contributed by atoms with E-state index >= 15 is 0 Å². The number of nitrogens with zero attached hydrogens (tertiary/aromatic N) is 2. The fourth-order valence-corrected chi connectivity index (χ4v) is 3.91. The van der Waals surface area contributed by atoms with Gasteiger partial charge in [0.2, 0.25) is 10.0 Å². The number of rotatable bonds is 5. The van der Waals surface area contributed by atoms with Gasteiger partial charge >= 0.3 is 0 Å². The summed E-state index contributed by atoms with van der Waals surface area (Å²) in [4.78, 5) is 26.5. The van der Waals surface area contributed by atoms with Crippen LogP contribution in [0.15, 0.2) is 47.4 Å². The van der Waals surface area contributed by atoms with Crippen LogP contribution < -0.4 is 15.0 Å². The predicted molar refractivity (Wildman–Crippen MR) is 110 cm³/mol. The van der Waals surface area contributed by atoms with E-state index in [2.05, 4.69) is 5.32 Å². The Morgan fingerprint density at radius 2 is 1.79 bits per heavy atom. The summed E-state index contributed by atoms with van der Waals surface area (Å²) in [6.07, 6.45) is 0. The van der Waals surface area contributed by atoms with Crippen molar-refractivity contribution in [1.82, 2.24) is 4.31 Å². The fourth-order valence-electron chi connectivity index (χ4n) is 3.01. The second-order valence-electron chi connectivity index (χ2n) is 7.09. The van der Waals surface area contributed by atoms with Crippen molar-refractivity contribution in [1.29, 1.82) is 0 Å². The van der Waals surface area contributed by atoms with Crippen molar-refractivity contribution in [3.63, 3.8) is 0 Å². The van der Waals surface area contributed by atoms with Gasteiger partial charge in [-0.2, -0.15) is 0 Å². The van der Waals surface area contributed by atoms with Gasteiger partial charge in [0.15, 0.2) is 6.61 Å². The van der Waals surface area contributed by atoms with Gasteiger partial charge in [0.1, 0.15) is 5.75 Å². The molecule has 0 spiro atoms. The van der Waals surface area contributed by atoms with Gasteiger partial charge in [-0.15, -0.1) is 0 Å². The third-order valence-corrected chi connectivity index (χ3v) is 6.34. The first kappa shape index (κ1) is 20.8. The predicted octanol–water partition coefficient (Wildman–Crippen LogP) is 2.32. The lowest BCUT2D eigenvalue weighted by atomic mass is 10.1. The zero-order chi connectivity index (χ0) is 21.3. The highest BCUT2D eigenvalue weighted by Crippen LogP contribution is 2.35. The Hall–Kier alpha value is -2.91. The minimum Gasteiger partial charge on any atom is -0.482 e. The normalized spacial score (nSPS) is 14.0. The lowest BCUT2D eigenvalue weighted by molar-refractivity contribution is -0.121. The van der Waals surface area contributed by atoms with Crippen molar-refractivity contribution in [2.24, 2.45) is 0 Å². The molecule has 2 aromatic rings. The number of carbonyl (C=O) groups excluding carboxylic acids is 2. The Balaban J connectivity index is 1.82. The van der Waals surface area contributed by atoms with Crippen molar-refractivity contribution in [2.75, 3.05) is 30.9 Å². The minimum absolute atomic E-state index is 0.0148. The minimum atomic E-state index is -3.56. The molecule has 0 aromatic heterocycles. The molecule has 0 saturated heterocycles. The topological polar surface area (TPSA) is 96.0 Å². The summed E-state index contributed by atoms with van der Waals surface area (Å²) in [7, 11) is -0.667. The highest BCUT2D eigenvalue weighted by Gasteiger charge is 2.28. The molecule has 1 heterocycles. The number of hydrogen-bond donors (Lipinski definition) is 1. The zero-order valence-corrected chi connectivity index (χ0v) is 17.5. The lowest BCUT2D eigenvalue weighted by Gasteiger charge is -2.32. The highest BCUT2D eigenvalue weighted by molar-refractivity contribution is 7.89. The van der Waals surface area contributed by atoms with E-state index in [1.165, 1.54) is 38.4 Å². The highest BCUT2D eigenvalue weighted by atomic mass is 32.2. The number of anilines is 2. The molecule has 2 aromatic carbocycles. The molecule has 3 rings (SSSR count). The molecule has 154 valence electrons. The van der Waals surface area contributed by atoms with E-state index in [0.717, 1.165) is 4.31 Å². The number of hydrogen-bond acceptors (Lipinski definition) is 5. The molecule has 0 atom stereocenters. The molecule has 0 aliphatic carbocycles. The van der Waals surface area contributed by atoms with Crippen molar-refractivity contribution in [3.05, 3.63) is 48.0 Å². The lowest BCUT2D eigenvalue weighted by Crippen LogP contribution is -2.43. The summed E-state index contributed by atoms with van der Waals surface area (Å²) in [5, 5.41) is 2.77. The largest absolute Gasteiger partial charge is 0.482 e. The van der Waals surface area contributed by atoms with Crippen LogP contribution in [0.25, 0.3) is 0 Å². The molecule has 0 bridgehead atoms. The Labute approximate surface area is 170 Å². The second kappa shape index (κ2) is 7.84. The number of sulfonamides is 1. The standard InChI is InChI=1S/C20H23N3O5S/c1-13(2)23-17-11-15(7-10-18(17)28-12-19(23)24)21-20(25)14-5-8-16(9-6-14)29(26,27)22(3)4/h5-11,13H,12H2,1-4H3,(H,21,25). The van der Waals surface area contributed by atoms with Gasteiger partial charge in [0, 0.05) is 31.4 Å². The van der Waals surface area contributed by atoms with E-state index < -0.39 is 15.9 Å². The van der Waals surface area contributed by atoms with Crippen LogP contribution in [0, 0.1) is 0 Å². The van der Waals surface area contributed by atoms with Crippen LogP contribution in [0.4, 0.5) is 11.4 Å². The molecule has 1 aliphatic rings. The molecule has 0 fully saturated rings. The first-order valence-electron chi connectivity index (χ1n) is 9.04. The van der Waals surface area contributed by atoms with Gasteiger partial charge in [0.05, 0.1) is 10.6 Å². The number of ether oxygens (including phenoxy) is 1. The molecule has 29 heavy (non-hydrogen) atoms. The van der Waals surface area contributed by atoms with Crippen molar-refractivity contribution >= 4 is 33.2 Å². The summed E-state index contributed by atoms with van der Waals surface area (Å²) in [5.74, 6) is 0.0427. The number of carbonyl (C=O) groups is 2. The SMILES string of the molecule is CC(C)N1C(=O)COc2ccc(NC(=O)c3ccc(S(=O)(=O)N(C)C)cc3)cc21. The van der Waals surface area contributed by atoms with E-state index in [1.54, 1.807) is 23.1 Å². The molecule has 9 heteroatoms. The van der Waals surface area contributed by atoms with E-state index in [1.807, 2.05) is 13.8 Å². The van der Waals surface area contributed by atoms with E-state index in [9.17, 15) is 18.0 Å². The van der Waals surface area contributed by atoms with Crippen LogP contribution in [-0.2, 0) is 14.8 Å². The molecule has 8 nitrogen and oxygen atoms in total. The monoisotopic (exact) mass is 417 g/mol. The molecule has 0 saturated carbocycles. The summed E-state index contributed by atoms with van der Waals surface area (Å²) < 4.78 is 30.8. The average molecular weight is 417 g/mol. The first-order valence-corrected chi connectivity index (χ1v) is 10.5. The van der Waals surface area contributed by atoms with Gasteiger partial charge in [-0.05, 0) is 56.3 Å². The van der Waals surface area contributed by atoms with Gasteiger partial charge in [-0.3, -0.25) is 9.59 Å². The number of benzene rings is 2. The summed E-state index contributed by atoms with van der Waals surface area (Å²) in [5.41, 5.74) is 1.41. The van der Waals surface area contributed by atoms with Crippen molar-refractivity contribution in [2.45, 2.75) is 24.8 Å². The molecule has 1 N–H and O–H groups in total. The zero-order valence-electron chi connectivity index (χ0n) is 16.7. The summed E-state index contributed by atoms with van der Waals surface area (Å²) in [6.45, 7) is 3.79. The van der Waals surface area contributed by atoms with Crippen LogP contribution in [-0.4, -0.2) is 51.3 Å². The van der Waals surface area contributed by atoms with Crippen LogP contribution in [0.1, 0.15) is 24.2 Å². The Morgan fingerprint density at radius 1 is 1.14 bits per heavy atom. The Kier molecular flexibility index (Phi) is 5.63. The van der Waals surface area contributed by atoms with Crippen molar-refractivity contribution in [3.8, 4) is 5.75 Å². The molecule has 0 radical (unpaired) electrons. The molecular weight excluding hydrogens is 394 g/mol. The Morgan fingerprint density at radius 3 is 2.38 bits per heavy atom. The van der Waals surface area contributed by atoms with Crippen LogP contribution in [0.3, 0.4) is 0 Å². The second-order valence-corrected chi connectivity index (χ2v) is 9.25. The van der Waals surface area contributed by atoms with Gasteiger partial charge in [-0.1, -0.05) is 0 Å². The van der Waals surface area contributed by atoms with Crippen LogP contribution in [0.5, 0.6) is 5.75 Å². The first-order chi connectivity index (χ1) is 13.6. The van der Waals surface area contributed by atoms with Crippen LogP contribution >= 0.6 is 0 Å². The summed E-state index contributed by atoms with van der Waals surface area (Å²) in [6, 6.07) is 10.7. The number of amides is 2. The number of nitrogens with one attached hydrogen (secondary N) is 1. The maximum atomic E-state index is 12.6. The molecular formula is C20H23N3O5S. The maximum Gasteiger partial charge on any atom is 0.265 e. The average Bonchev–Trinajstić information content (AvgIpc) is 2.67. The van der Waals surface area contributed by atoms with Crippen LogP contribution in [0.2, 0.25) is 0 Å². The van der Waals surface area contributed by atoms with E-state index in [-0.39, 0.29) is 23.5 Å². The Bertz CT molecular complexity index is 1050. The fraction of sp³-hybridized carbons (Fsp3) is 0.300. The molecule has 2 amide bonds. The van der Waals surface area contributed by atoms with Gasteiger partial charge < -0.3 is 15.0 Å². The van der Waals surface area contributed by atoms with E-state index in [0.29, 0.717) is 22.7 Å².